The van der Waals surface area contributed by atoms with Crippen LogP contribution in [-0.2, 0) is 14.6 Å². The van der Waals surface area contributed by atoms with Crippen molar-refractivity contribution in [2.75, 3.05) is 50.5 Å². The maximum absolute atomic E-state index is 13.2. The molecular formula is C19H20ClN3O4S3. The van der Waals surface area contributed by atoms with E-state index in [4.69, 9.17) is 16.3 Å². The van der Waals surface area contributed by atoms with Gasteiger partial charge in [-0.1, -0.05) is 22.9 Å². The number of aromatic nitrogens is 1. The predicted molar refractivity (Wildman–Crippen MR) is 121 cm³/mol. The van der Waals surface area contributed by atoms with E-state index >= 15 is 0 Å². The van der Waals surface area contributed by atoms with Crippen molar-refractivity contribution in [3.63, 3.8) is 0 Å². The summed E-state index contributed by atoms with van der Waals surface area (Å²) in [6.45, 7) is 4.18. The van der Waals surface area contributed by atoms with E-state index in [0.29, 0.717) is 46.2 Å². The number of hydrogen-bond acceptors (Lipinski definition) is 8. The van der Waals surface area contributed by atoms with Crippen LogP contribution in [0, 0.1) is 0 Å². The highest BCUT2D eigenvalue weighted by Gasteiger charge is 2.24. The Morgan fingerprint density at radius 1 is 1.23 bits per heavy atom. The first kappa shape index (κ1) is 21.7. The van der Waals surface area contributed by atoms with Crippen molar-refractivity contribution in [1.29, 1.82) is 0 Å². The highest BCUT2D eigenvalue weighted by molar-refractivity contribution is 7.90. The number of carbonyl (C=O) groups excluding carboxylic acids is 1. The van der Waals surface area contributed by atoms with Crippen LogP contribution < -0.4 is 4.90 Å². The first-order valence-corrected chi connectivity index (χ1v) is 13.2. The largest absolute Gasteiger partial charge is 0.379 e. The number of ether oxygens (including phenoxy) is 1. The van der Waals surface area contributed by atoms with Gasteiger partial charge < -0.3 is 4.74 Å². The first-order valence-electron chi connectivity index (χ1n) is 9.29. The molecule has 11 heteroatoms. The van der Waals surface area contributed by atoms with Gasteiger partial charge in [-0.25, -0.2) is 13.4 Å². The molecule has 0 saturated carbocycles. The maximum Gasteiger partial charge on any atom is 0.270 e. The third kappa shape index (κ3) is 4.84. The smallest absolute Gasteiger partial charge is 0.270 e. The lowest BCUT2D eigenvalue weighted by Gasteiger charge is -2.29. The molecule has 30 heavy (non-hydrogen) atoms. The van der Waals surface area contributed by atoms with Crippen molar-refractivity contribution in [2.45, 2.75) is 4.90 Å². The fourth-order valence-electron chi connectivity index (χ4n) is 3.15. The molecule has 1 aromatic carbocycles. The van der Waals surface area contributed by atoms with Crippen molar-refractivity contribution in [3.8, 4) is 0 Å². The van der Waals surface area contributed by atoms with Gasteiger partial charge in [0.05, 0.1) is 37.5 Å². The SMILES string of the molecule is CS(=O)(=O)c1ccc2nc(N(CCN3CCOCC3)C(=O)c3ccc(Cl)s3)sc2c1. The normalized spacial score (nSPS) is 15.5. The summed E-state index contributed by atoms with van der Waals surface area (Å²) in [4.78, 5) is 22.5. The molecule has 0 bridgehead atoms. The number of halogens is 1. The number of sulfone groups is 1. The van der Waals surface area contributed by atoms with E-state index in [2.05, 4.69) is 9.88 Å². The Balaban J connectivity index is 1.66. The summed E-state index contributed by atoms with van der Waals surface area (Å²) in [5, 5.41) is 0.540. The number of amides is 1. The number of fused-ring (bicyclic) bond motifs is 1. The van der Waals surface area contributed by atoms with Gasteiger partial charge in [-0.2, -0.15) is 0 Å². The van der Waals surface area contributed by atoms with E-state index < -0.39 is 9.84 Å². The zero-order valence-electron chi connectivity index (χ0n) is 16.2. The second kappa shape index (κ2) is 8.89. The number of benzene rings is 1. The van der Waals surface area contributed by atoms with Crippen LogP contribution in [0.5, 0.6) is 0 Å². The molecule has 1 saturated heterocycles. The monoisotopic (exact) mass is 485 g/mol. The van der Waals surface area contributed by atoms with Crippen LogP contribution in [0.15, 0.2) is 35.2 Å². The minimum Gasteiger partial charge on any atom is -0.379 e. The van der Waals surface area contributed by atoms with Crippen molar-refractivity contribution in [2.24, 2.45) is 0 Å². The minimum atomic E-state index is -3.32. The van der Waals surface area contributed by atoms with Gasteiger partial charge in [-0.15, -0.1) is 11.3 Å². The number of thiazole rings is 1. The molecule has 2 aromatic heterocycles. The minimum absolute atomic E-state index is 0.164. The van der Waals surface area contributed by atoms with Crippen LogP contribution in [-0.4, -0.2) is 69.9 Å². The summed E-state index contributed by atoms with van der Waals surface area (Å²) >= 11 is 8.58. The molecule has 1 fully saturated rings. The highest BCUT2D eigenvalue weighted by atomic mass is 35.5. The third-order valence-electron chi connectivity index (χ3n) is 4.78. The number of carbonyl (C=O) groups is 1. The van der Waals surface area contributed by atoms with Crippen LogP contribution >= 0.6 is 34.3 Å². The molecule has 0 radical (unpaired) electrons. The highest BCUT2D eigenvalue weighted by Crippen LogP contribution is 2.32. The Labute approximate surface area is 187 Å². The van der Waals surface area contributed by atoms with E-state index in [9.17, 15) is 13.2 Å². The molecular weight excluding hydrogens is 466 g/mol. The predicted octanol–water partition coefficient (Wildman–Crippen LogP) is 3.39. The van der Waals surface area contributed by atoms with E-state index in [1.54, 1.807) is 35.2 Å². The lowest BCUT2D eigenvalue weighted by Crippen LogP contribution is -2.43. The molecule has 4 rings (SSSR count). The number of rotatable bonds is 6. The van der Waals surface area contributed by atoms with Gasteiger partial charge in [0, 0.05) is 32.4 Å². The molecule has 3 heterocycles. The summed E-state index contributed by atoms with van der Waals surface area (Å²) in [7, 11) is -3.32. The second-order valence-electron chi connectivity index (χ2n) is 6.91. The molecule has 0 unspecified atom stereocenters. The Hall–Kier alpha value is -1.56. The maximum atomic E-state index is 13.2. The molecule has 0 aliphatic carbocycles. The van der Waals surface area contributed by atoms with E-state index in [-0.39, 0.29) is 10.8 Å². The topological polar surface area (TPSA) is 79.8 Å². The average Bonchev–Trinajstić information content (AvgIpc) is 3.33. The fraction of sp³-hybridized carbons (Fsp3) is 0.368. The van der Waals surface area contributed by atoms with Crippen LogP contribution in [0.3, 0.4) is 0 Å². The van der Waals surface area contributed by atoms with Gasteiger partial charge in [-0.05, 0) is 30.3 Å². The lowest BCUT2D eigenvalue weighted by atomic mass is 10.3. The van der Waals surface area contributed by atoms with E-state index in [0.717, 1.165) is 17.8 Å². The van der Waals surface area contributed by atoms with Crippen molar-refractivity contribution in [3.05, 3.63) is 39.5 Å². The van der Waals surface area contributed by atoms with Crippen LogP contribution in [0.25, 0.3) is 10.2 Å². The summed E-state index contributed by atoms with van der Waals surface area (Å²) in [5.74, 6) is -0.164. The van der Waals surface area contributed by atoms with Gasteiger partial charge in [-0.3, -0.25) is 14.6 Å². The third-order valence-corrected chi connectivity index (χ3v) is 8.15. The molecule has 3 aromatic rings. The zero-order chi connectivity index (χ0) is 21.3. The fourth-order valence-corrected chi connectivity index (χ4v) is 5.89. The van der Waals surface area contributed by atoms with Crippen LogP contribution in [0.4, 0.5) is 5.13 Å². The Kier molecular flexibility index (Phi) is 6.42. The lowest BCUT2D eigenvalue weighted by molar-refractivity contribution is 0.0391. The average molecular weight is 486 g/mol. The van der Waals surface area contributed by atoms with Gasteiger partial charge in [0.2, 0.25) is 0 Å². The van der Waals surface area contributed by atoms with Crippen molar-refractivity contribution >= 4 is 65.4 Å². The van der Waals surface area contributed by atoms with Gasteiger partial charge >= 0.3 is 0 Å². The number of thiophene rings is 1. The second-order valence-corrected chi connectivity index (χ2v) is 11.7. The number of anilines is 1. The first-order chi connectivity index (χ1) is 14.3. The molecule has 7 nitrogen and oxygen atoms in total. The van der Waals surface area contributed by atoms with Crippen molar-refractivity contribution in [1.82, 2.24) is 9.88 Å². The molecule has 1 amide bonds. The Morgan fingerprint density at radius 3 is 2.67 bits per heavy atom. The van der Waals surface area contributed by atoms with Gasteiger partial charge in [0.25, 0.3) is 5.91 Å². The number of nitrogens with zero attached hydrogens (tertiary/aromatic N) is 3. The Morgan fingerprint density at radius 2 is 2.00 bits per heavy atom. The van der Waals surface area contributed by atoms with Gasteiger partial charge in [0.1, 0.15) is 0 Å². The summed E-state index contributed by atoms with van der Waals surface area (Å²) in [6.07, 6.45) is 1.18. The summed E-state index contributed by atoms with van der Waals surface area (Å²) in [6, 6.07) is 8.25. The molecule has 0 N–H and O–H groups in total. The van der Waals surface area contributed by atoms with Crippen LogP contribution in [0.1, 0.15) is 9.67 Å². The number of morpholine rings is 1. The Bertz CT molecular complexity index is 1170. The summed E-state index contributed by atoms with van der Waals surface area (Å²) < 4.78 is 30.4. The number of hydrogen-bond donors (Lipinski definition) is 0. The standard InChI is InChI=1S/C19H20ClN3O4S3/c1-30(25,26)13-2-3-14-16(12-13)29-19(21-14)23(7-6-22-8-10-27-11-9-22)18(24)15-4-5-17(20)28-15/h2-5,12H,6-11H2,1H3. The molecule has 160 valence electrons. The van der Waals surface area contributed by atoms with Crippen LogP contribution in [0.2, 0.25) is 4.34 Å². The molecule has 0 spiro atoms. The molecule has 1 aliphatic heterocycles. The molecule has 1 aliphatic rings. The van der Waals surface area contributed by atoms with E-state index in [1.165, 1.54) is 28.9 Å². The zero-order valence-corrected chi connectivity index (χ0v) is 19.4. The van der Waals surface area contributed by atoms with Crippen molar-refractivity contribution < 1.29 is 17.9 Å². The summed E-state index contributed by atoms with van der Waals surface area (Å²) in [5.41, 5.74) is 0.663. The van der Waals surface area contributed by atoms with Gasteiger partial charge in [0.15, 0.2) is 15.0 Å². The van der Waals surface area contributed by atoms with E-state index in [1.807, 2.05) is 0 Å². The molecule has 0 atom stereocenters. The quantitative estimate of drug-likeness (QED) is 0.532.